The average molecular weight is 360 g/mol. The maximum Gasteiger partial charge on any atom is 0.254 e. The molecule has 7 nitrogen and oxygen atoms in total. The van der Waals surface area contributed by atoms with E-state index in [4.69, 9.17) is 4.74 Å². The van der Waals surface area contributed by atoms with Gasteiger partial charge in [-0.15, -0.1) is 0 Å². The fourth-order valence-corrected chi connectivity index (χ4v) is 3.69. The highest BCUT2D eigenvalue weighted by atomic mass is 16.5. The van der Waals surface area contributed by atoms with E-state index in [-0.39, 0.29) is 23.9 Å². The van der Waals surface area contributed by atoms with Gasteiger partial charge in [-0.05, 0) is 32.0 Å². The van der Waals surface area contributed by atoms with Crippen molar-refractivity contribution in [2.45, 2.75) is 32.4 Å². The number of ether oxygens (including phenoxy) is 1. The fraction of sp³-hybridized carbons (Fsp3) is 0.579. The van der Waals surface area contributed by atoms with Crippen molar-refractivity contribution >= 4 is 11.8 Å². The minimum absolute atomic E-state index is 0.0116. The summed E-state index contributed by atoms with van der Waals surface area (Å²) in [5.41, 5.74) is 7.01. The van der Waals surface area contributed by atoms with Gasteiger partial charge >= 0.3 is 0 Å². The minimum Gasteiger partial charge on any atom is -0.497 e. The van der Waals surface area contributed by atoms with Crippen molar-refractivity contribution in [1.82, 2.24) is 20.7 Å². The molecular weight excluding hydrogens is 332 g/mol. The highest BCUT2D eigenvalue weighted by Gasteiger charge is 2.33. The van der Waals surface area contributed by atoms with Gasteiger partial charge in [0.05, 0.1) is 7.11 Å². The molecule has 2 N–H and O–H groups in total. The second kappa shape index (κ2) is 8.05. The molecule has 2 fully saturated rings. The molecule has 2 aliphatic rings. The number of benzene rings is 1. The smallest absolute Gasteiger partial charge is 0.254 e. The topological polar surface area (TPSA) is 73.9 Å². The van der Waals surface area contributed by atoms with Crippen LogP contribution in [0.15, 0.2) is 24.3 Å². The lowest BCUT2D eigenvalue weighted by Crippen LogP contribution is -2.51. The van der Waals surface area contributed by atoms with E-state index in [1.807, 2.05) is 21.9 Å². The van der Waals surface area contributed by atoms with Crippen molar-refractivity contribution < 1.29 is 14.3 Å². The number of carbonyl (C=O) groups excluding carboxylic acids is 2. The lowest BCUT2D eigenvalue weighted by Gasteiger charge is -2.35. The third-order valence-corrected chi connectivity index (χ3v) is 5.47. The third-order valence-electron chi connectivity index (χ3n) is 5.47. The summed E-state index contributed by atoms with van der Waals surface area (Å²) in [6.45, 7) is 6.50. The predicted molar refractivity (Wildman–Crippen MR) is 98.8 cm³/mol. The number of hydrogen-bond acceptors (Lipinski definition) is 5. The Morgan fingerprint density at radius 3 is 2.31 bits per heavy atom. The Kier molecular flexibility index (Phi) is 5.78. The van der Waals surface area contributed by atoms with Crippen molar-refractivity contribution in [3.8, 4) is 5.75 Å². The van der Waals surface area contributed by atoms with Crippen LogP contribution in [-0.4, -0.2) is 67.0 Å². The summed E-state index contributed by atoms with van der Waals surface area (Å²) in [7, 11) is 1.59. The van der Waals surface area contributed by atoms with Gasteiger partial charge in [0.1, 0.15) is 5.75 Å². The van der Waals surface area contributed by atoms with Crippen LogP contribution < -0.4 is 15.6 Å². The highest BCUT2D eigenvalue weighted by Crippen LogP contribution is 2.21. The maximum absolute atomic E-state index is 12.7. The molecule has 7 heteroatoms. The first-order valence-electron chi connectivity index (χ1n) is 9.21. The molecule has 2 heterocycles. The zero-order chi connectivity index (χ0) is 18.7. The Hall–Kier alpha value is -2.12. The number of nitrogens with zero attached hydrogens (tertiary/aromatic N) is 2. The number of hydrazine groups is 1. The quantitative estimate of drug-likeness (QED) is 0.834. The van der Waals surface area contributed by atoms with Crippen LogP contribution in [0.3, 0.4) is 0 Å². The first-order valence-corrected chi connectivity index (χ1v) is 9.21. The molecule has 2 unspecified atom stereocenters. The molecular formula is C19H28N4O3. The van der Waals surface area contributed by atoms with Crippen molar-refractivity contribution in [2.75, 3.05) is 33.3 Å². The summed E-state index contributed by atoms with van der Waals surface area (Å²) in [4.78, 5) is 29.0. The summed E-state index contributed by atoms with van der Waals surface area (Å²) >= 11 is 0. The van der Waals surface area contributed by atoms with Gasteiger partial charge in [0.25, 0.3) is 5.91 Å². The van der Waals surface area contributed by atoms with E-state index in [1.54, 1.807) is 19.2 Å². The standard InChI is InChI=1S/C19H28N4O3/c1-13-17(14(2)21-20-13)12-18(24)22-7-9-23(10-8-22)19(25)15-5-4-6-16(11-15)26-3/h4-6,11,13-14,17,20-21H,7-10,12H2,1-3H3. The number of amides is 2. The van der Waals surface area contributed by atoms with Crippen molar-refractivity contribution in [2.24, 2.45) is 5.92 Å². The summed E-state index contributed by atoms with van der Waals surface area (Å²) < 4.78 is 5.19. The Morgan fingerprint density at radius 1 is 1.08 bits per heavy atom. The molecule has 0 radical (unpaired) electrons. The normalized spacial score (nSPS) is 26.0. The van der Waals surface area contributed by atoms with Crippen LogP contribution >= 0.6 is 0 Å². The minimum atomic E-state index is -0.0116. The van der Waals surface area contributed by atoms with Crippen LogP contribution in [-0.2, 0) is 4.79 Å². The van der Waals surface area contributed by atoms with Gasteiger partial charge in [0.2, 0.25) is 5.91 Å². The molecule has 2 atom stereocenters. The van der Waals surface area contributed by atoms with Crippen LogP contribution in [0, 0.1) is 5.92 Å². The van der Waals surface area contributed by atoms with Crippen LogP contribution in [0.1, 0.15) is 30.6 Å². The summed E-state index contributed by atoms with van der Waals surface area (Å²) in [5, 5.41) is 0. The molecule has 0 saturated carbocycles. The molecule has 0 aliphatic carbocycles. The molecule has 2 amide bonds. The fourth-order valence-electron chi connectivity index (χ4n) is 3.69. The first kappa shape index (κ1) is 18.7. The number of rotatable bonds is 4. The molecule has 1 aromatic rings. The lowest BCUT2D eigenvalue weighted by atomic mass is 9.92. The molecule has 26 heavy (non-hydrogen) atoms. The lowest BCUT2D eigenvalue weighted by molar-refractivity contribution is -0.133. The van der Waals surface area contributed by atoms with Gasteiger partial charge in [-0.3, -0.25) is 20.4 Å². The summed E-state index contributed by atoms with van der Waals surface area (Å²) in [6, 6.07) is 7.75. The van der Waals surface area contributed by atoms with E-state index in [2.05, 4.69) is 24.7 Å². The van der Waals surface area contributed by atoms with E-state index in [0.29, 0.717) is 49.8 Å². The summed E-state index contributed by atoms with van der Waals surface area (Å²) in [5.74, 6) is 1.13. The Balaban J connectivity index is 1.53. The molecule has 2 saturated heterocycles. The van der Waals surface area contributed by atoms with Crippen molar-refractivity contribution in [3.05, 3.63) is 29.8 Å². The van der Waals surface area contributed by atoms with Gasteiger partial charge in [-0.2, -0.15) is 0 Å². The van der Waals surface area contributed by atoms with Gasteiger partial charge in [-0.25, -0.2) is 0 Å². The third kappa shape index (κ3) is 3.99. The van der Waals surface area contributed by atoms with E-state index < -0.39 is 0 Å². The van der Waals surface area contributed by atoms with E-state index in [1.165, 1.54) is 0 Å². The van der Waals surface area contributed by atoms with Crippen LogP contribution in [0.4, 0.5) is 0 Å². The largest absolute Gasteiger partial charge is 0.497 e. The molecule has 1 aromatic carbocycles. The van der Waals surface area contributed by atoms with E-state index in [0.717, 1.165) is 0 Å². The van der Waals surface area contributed by atoms with Crippen LogP contribution in [0.25, 0.3) is 0 Å². The van der Waals surface area contributed by atoms with Gasteiger partial charge in [0.15, 0.2) is 0 Å². The molecule has 0 aromatic heterocycles. The van der Waals surface area contributed by atoms with Crippen LogP contribution in [0.2, 0.25) is 0 Å². The number of hydrogen-bond donors (Lipinski definition) is 2. The number of carbonyl (C=O) groups is 2. The van der Waals surface area contributed by atoms with Gasteiger partial charge in [-0.1, -0.05) is 6.07 Å². The molecule has 0 bridgehead atoms. The zero-order valence-corrected chi connectivity index (χ0v) is 15.7. The maximum atomic E-state index is 12.7. The summed E-state index contributed by atoms with van der Waals surface area (Å²) in [6.07, 6.45) is 0.534. The molecule has 3 rings (SSSR count). The molecule has 142 valence electrons. The number of nitrogens with one attached hydrogen (secondary N) is 2. The van der Waals surface area contributed by atoms with Crippen molar-refractivity contribution in [1.29, 1.82) is 0 Å². The zero-order valence-electron chi connectivity index (χ0n) is 15.7. The second-order valence-corrected chi connectivity index (χ2v) is 7.14. The first-order chi connectivity index (χ1) is 12.5. The molecule has 0 spiro atoms. The second-order valence-electron chi connectivity index (χ2n) is 7.14. The van der Waals surface area contributed by atoms with Gasteiger partial charge < -0.3 is 14.5 Å². The number of piperazine rings is 1. The highest BCUT2D eigenvalue weighted by molar-refractivity contribution is 5.94. The van der Waals surface area contributed by atoms with Crippen LogP contribution in [0.5, 0.6) is 5.75 Å². The van der Waals surface area contributed by atoms with Gasteiger partial charge in [0, 0.05) is 56.2 Å². The SMILES string of the molecule is COc1cccc(C(=O)N2CCN(C(=O)CC3C(C)NNC3C)CC2)c1. The average Bonchev–Trinajstić information content (AvgIpc) is 2.99. The van der Waals surface area contributed by atoms with Crippen molar-refractivity contribution in [3.63, 3.8) is 0 Å². The Labute approximate surface area is 154 Å². The molecule has 2 aliphatic heterocycles. The van der Waals surface area contributed by atoms with E-state index >= 15 is 0 Å². The number of methoxy groups -OCH3 is 1. The predicted octanol–water partition coefficient (Wildman–Crippen LogP) is 0.871. The Bertz CT molecular complexity index is 648. The Morgan fingerprint density at radius 2 is 1.69 bits per heavy atom. The monoisotopic (exact) mass is 360 g/mol. The van der Waals surface area contributed by atoms with E-state index in [9.17, 15) is 9.59 Å².